The number of aliphatic carboxylic acids is 1. The first-order chi connectivity index (χ1) is 6.49. The van der Waals surface area contributed by atoms with Crippen LogP contribution >= 0.6 is 0 Å². The number of carboxylic acid groups (broad SMARTS) is 1. The van der Waals surface area contributed by atoms with Crippen LogP contribution in [0.3, 0.4) is 0 Å². The number of carboxylic acids is 1. The Morgan fingerprint density at radius 1 is 1.64 bits per heavy atom. The highest BCUT2D eigenvalue weighted by molar-refractivity contribution is 5.67. The second-order valence-corrected chi connectivity index (χ2v) is 5.02. The van der Waals surface area contributed by atoms with Gasteiger partial charge < -0.3 is 10.8 Å². The third kappa shape index (κ3) is 2.47. The number of rotatable bonds is 4. The van der Waals surface area contributed by atoms with Crippen molar-refractivity contribution in [3.63, 3.8) is 0 Å². The summed E-state index contributed by atoms with van der Waals surface area (Å²) in [5.41, 5.74) is 5.61. The highest BCUT2D eigenvalue weighted by Crippen LogP contribution is 2.46. The van der Waals surface area contributed by atoms with Crippen molar-refractivity contribution < 1.29 is 9.90 Å². The molecule has 1 saturated carbocycles. The van der Waals surface area contributed by atoms with Gasteiger partial charge >= 0.3 is 5.97 Å². The van der Waals surface area contributed by atoms with Crippen LogP contribution in [0, 0.1) is 17.3 Å². The number of nitrogens with two attached hydrogens (primary N) is 1. The van der Waals surface area contributed by atoms with Crippen LogP contribution in [-0.4, -0.2) is 17.6 Å². The fourth-order valence-electron chi connectivity index (χ4n) is 2.56. The van der Waals surface area contributed by atoms with Gasteiger partial charge in [0.1, 0.15) is 0 Å². The van der Waals surface area contributed by atoms with Crippen LogP contribution in [0.1, 0.15) is 39.5 Å². The molecule has 0 heterocycles. The summed E-state index contributed by atoms with van der Waals surface area (Å²) in [7, 11) is 0. The van der Waals surface area contributed by atoms with Crippen LogP contribution < -0.4 is 5.73 Å². The molecule has 0 amide bonds. The maximum Gasteiger partial charge on any atom is 0.303 e. The van der Waals surface area contributed by atoms with E-state index in [4.69, 9.17) is 10.8 Å². The topological polar surface area (TPSA) is 63.3 Å². The van der Waals surface area contributed by atoms with Crippen molar-refractivity contribution in [1.82, 2.24) is 0 Å². The van der Waals surface area contributed by atoms with Gasteiger partial charge in [-0.25, -0.2) is 0 Å². The van der Waals surface area contributed by atoms with Gasteiger partial charge in [0.25, 0.3) is 0 Å². The molecule has 0 spiro atoms. The van der Waals surface area contributed by atoms with E-state index in [0.29, 0.717) is 18.4 Å². The van der Waals surface area contributed by atoms with E-state index in [0.717, 1.165) is 19.3 Å². The van der Waals surface area contributed by atoms with Crippen molar-refractivity contribution in [3.05, 3.63) is 0 Å². The average Bonchev–Trinajstić information content (AvgIpc) is 2.49. The zero-order valence-corrected chi connectivity index (χ0v) is 9.12. The number of carbonyl (C=O) groups is 1. The Morgan fingerprint density at radius 3 is 2.64 bits per heavy atom. The molecule has 1 aliphatic carbocycles. The lowest BCUT2D eigenvalue weighted by molar-refractivity contribution is -0.139. The first kappa shape index (κ1) is 11.5. The Balaban J connectivity index is 2.61. The Labute approximate surface area is 85.7 Å². The minimum Gasteiger partial charge on any atom is -0.481 e. The van der Waals surface area contributed by atoms with Crippen LogP contribution in [0.25, 0.3) is 0 Å². The summed E-state index contributed by atoms with van der Waals surface area (Å²) in [6.45, 7) is 4.93. The van der Waals surface area contributed by atoms with Gasteiger partial charge in [0.05, 0.1) is 6.42 Å². The van der Waals surface area contributed by atoms with E-state index in [-0.39, 0.29) is 11.8 Å². The first-order valence-corrected chi connectivity index (χ1v) is 5.41. The average molecular weight is 199 g/mol. The fourth-order valence-corrected chi connectivity index (χ4v) is 2.56. The summed E-state index contributed by atoms with van der Waals surface area (Å²) in [5, 5.41) is 8.84. The first-order valence-electron chi connectivity index (χ1n) is 5.41. The van der Waals surface area contributed by atoms with Crippen LogP contribution in [0.15, 0.2) is 0 Å². The lowest BCUT2D eigenvalue weighted by Crippen LogP contribution is -2.30. The third-order valence-corrected chi connectivity index (χ3v) is 3.64. The monoisotopic (exact) mass is 199 g/mol. The standard InChI is InChI=1S/C11H21NO2/c1-8(2)9-3-4-11(5-9,7-12)6-10(13)14/h8-9H,3-7,12H2,1-2H3,(H,13,14)/t9-,11+/m1/s1. The lowest BCUT2D eigenvalue weighted by atomic mass is 9.80. The highest BCUT2D eigenvalue weighted by Gasteiger charge is 2.40. The zero-order chi connectivity index (χ0) is 10.8. The Morgan fingerprint density at radius 2 is 2.29 bits per heavy atom. The summed E-state index contributed by atoms with van der Waals surface area (Å²) in [6, 6.07) is 0. The van der Waals surface area contributed by atoms with E-state index < -0.39 is 5.97 Å². The second-order valence-electron chi connectivity index (χ2n) is 5.02. The highest BCUT2D eigenvalue weighted by atomic mass is 16.4. The molecule has 1 rings (SSSR count). The maximum absolute atomic E-state index is 10.7. The summed E-state index contributed by atoms with van der Waals surface area (Å²) >= 11 is 0. The van der Waals surface area contributed by atoms with Gasteiger partial charge in [-0.05, 0) is 43.1 Å². The molecule has 2 atom stereocenters. The minimum absolute atomic E-state index is 0.110. The molecule has 82 valence electrons. The minimum atomic E-state index is -0.708. The molecule has 0 aromatic heterocycles. The summed E-state index contributed by atoms with van der Waals surface area (Å²) in [5.74, 6) is 0.606. The molecule has 3 heteroatoms. The largest absolute Gasteiger partial charge is 0.481 e. The molecule has 0 unspecified atom stereocenters. The van der Waals surface area contributed by atoms with Gasteiger partial charge in [0.2, 0.25) is 0 Å². The smallest absolute Gasteiger partial charge is 0.303 e. The van der Waals surface area contributed by atoms with Crippen molar-refractivity contribution in [2.45, 2.75) is 39.5 Å². The van der Waals surface area contributed by atoms with Crippen molar-refractivity contribution in [2.24, 2.45) is 23.0 Å². The van der Waals surface area contributed by atoms with E-state index in [9.17, 15) is 4.79 Å². The van der Waals surface area contributed by atoms with Gasteiger partial charge in [-0.15, -0.1) is 0 Å². The van der Waals surface area contributed by atoms with E-state index >= 15 is 0 Å². The van der Waals surface area contributed by atoms with Gasteiger partial charge in [-0.3, -0.25) is 4.79 Å². The molecule has 1 aliphatic rings. The predicted octanol–water partition coefficient (Wildman–Crippen LogP) is 1.86. The van der Waals surface area contributed by atoms with Crippen molar-refractivity contribution in [1.29, 1.82) is 0 Å². The van der Waals surface area contributed by atoms with Gasteiger partial charge in [-0.1, -0.05) is 13.8 Å². The van der Waals surface area contributed by atoms with Crippen LogP contribution in [0.2, 0.25) is 0 Å². The molecule has 14 heavy (non-hydrogen) atoms. The van der Waals surface area contributed by atoms with E-state index in [1.165, 1.54) is 0 Å². The molecule has 0 radical (unpaired) electrons. The molecule has 0 aromatic carbocycles. The molecular weight excluding hydrogens is 178 g/mol. The predicted molar refractivity (Wildman–Crippen MR) is 55.9 cm³/mol. The van der Waals surface area contributed by atoms with Gasteiger partial charge in [0.15, 0.2) is 0 Å². The third-order valence-electron chi connectivity index (χ3n) is 3.64. The van der Waals surface area contributed by atoms with Crippen molar-refractivity contribution in [2.75, 3.05) is 6.54 Å². The van der Waals surface area contributed by atoms with E-state index in [2.05, 4.69) is 13.8 Å². The van der Waals surface area contributed by atoms with E-state index in [1.807, 2.05) is 0 Å². The summed E-state index contributed by atoms with van der Waals surface area (Å²) in [6.07, 6.45) is 3.36. The van der Waals surface area contributed by atoms with Crippen molar-refractivity contribution >= 4 is 5.97 Å². The normalized spacial score (nSPS) is 32.4. The van der Waals surface area contributed by atoms with Crippen molar-refractivity contribution in [3.8, 4) is 0 Å². The molecule has 0 aliphatic heterocycles. The summed E-state index contributed by atoms with van der Waals surface area (Å²) < 4.78 is 0. The molecule has 3 nitrogen and oxygen atoms in total. The molecule has 0 bridgehead atoms. The second kappa shape index (κ2) is 4.30. The van der Waals surface area contributed by atoms with Gasteiger partial charge in [-0.2, -0.15) is 0 Å². The van der Waals surface area contributed by atoms with Crippen LogP contribution in [0.4, 0.5) is 0 Å². The summed E-state index contributed by atoms with van der Waals surface area (Å²) in [4.78, 5) is 10.7. The Hall–Kier alpha value is -0.570. The fraction of sp³-hybridized carbons (Fsp3) is 0.909. The van der Waals surface area contributed by atoms with E-state index in [1.54, 1.807) is 0 Å². The molecule has 0 saturated heterocycles. The Bertz CT molecular complexity index is 215. The quantitative estimate of drug-likeness (QED) is 0.726. The Kier molecular flexibility index (Phi) is 3.53. The van der Waals surface area contributed by atoms with Crippen LogP contribution in [0.5, 0.6) is 0 Å². The molecule has 1 fully saturated rings. The number of hydrogen-bond donors (Lipinski definition) is 2. The maximum atomic E-state index is 10.7. The molecule has 3 N–H and O–H groups in total. The molecular formula is C11H21NO2. The van der Waals surface area contributed by atoms with Crippen LogP contribution in [-0.2, 0) is 4.79 Å². The zero-order valence-electron chi connectivity index (χ0n) is 9.12. The number of hydrogen-bond acceptors (Lipinski definition) is 2. The lowest BCUT2D eigenvalue weighted by Gasteiger charge is -2.26. The SMILES string of the molecule is CC(C)[C@@H]1CC[C@@](CN)(CC(=O)O)C1. The van der Waals surface area contributed by atoms with Gasteiger partial charge in [0, 0.05) is 0 Å². The molecule has 0 aromatic rings.